The van der Waals surface area contributed by atoms with Crippen molar-refractivity contribution in [3.8, 4) is 114 Å². The molecule has 0 saturated heterocycles. The van der Waals surface area contributed by atoms with Crippen molar-refractivity contribution in [2.24, 2.45) is 0 Å². The zero-order valence-electron chi connectivity index (χ0n) is 81.2. The number of hydrogen-bond donors (Lipinski definition) is 0. The Balaban J connectivity index is 0.000000111. The number of fused-ring (bicyclic) bond motifs is 12. The van der Waals surface area contributed by atoms with Gasteiger partial charge in [-0.2, -0.15) is 0 Å². The number of aryl methyl sites for hydroxylation is 4. The minimum absolute atomic E-state index is 0.0680. The summed E-state index contributed by atoms with van der Waals surface area (Å²) in [4.78, 5) is 0. The highest BCUT2D eigenvalue weighted by molar-refractivity contribution is 6.13. The molecule has 8 heterocycles. The Bertz CT molecular complexity index is 8450. The molecule has 0 amide bonds. The SMILES string of the molecule is CC(C)(C)c1ccc2c(c1)c1cc(C(C)(C)C)ccc1n2-c1cccc(-c2nnc(-c3ccccc3)o2)c1.CC(C)c1ccc2c(c1)c1cc(C(C)C)ccc1n2-c1cccc(-c2nnc(-c3ccccc3)o2)c1.CCc1ccc2c(c1)c1cc(CC)ccc1n2-c1cccc(-c2nnc(-c3ccccc3)o2)c1.Cc1ccc2c(c1)c1cc(C)ccc1n2-c1cccc(-c2nnc(-c3ccccc3)o2)c1. The zero-order chi connectivity index (χ0) is 96.2. The van der Waals surface area contributed by atoms with E-state index in [0.29, 0.717) is 59.0 Å². The first-order valence-corrected chi connectivity index (χ1v) is 48.2. The summed E-state index contributed by atoms with van der Waals surface area (Å²) in [6, 6.07) is 127. The summed E-state index contributed by atoms with van der Waals surface area (Å²) >= 11 is 0. The molecule has 0 saturated carbocycles. The normalized spacial score (nSPS) is 11.8. The van der Waals surface area contributed by atoms with Gasteiger partial charge < -0.3 is 35.9 Å². The molecule has 16 aromatic carbocycles. The summed E-state index contributed by atoms with van der Waals surface area (Å²) in [6.45, 7) is 31.3. The molecule has 24 rings (SSSR count). The maximum Gasteiger partial charge on any atom is 0.248 e. The van der Waals surface area contributed by atoms with Crippen molar-refractivity contribution >= 4 is 87.2 Å². The first-order chi connectivity index (χ1) is 68.0. The molecule has 0 unspecified atom stereocenters. The van der Waals surface area contributed by atoms with Gasteiger partial charge in [-0.15, -0.1) is 40.8 Å². The van der Waals surface area contributed by atoms with Crippen LogP contribution in [0.2, 0.25) is 0 Å². The van der Waals surface area contributed by atoms with Crippen molar-refractivity contribution in [3.05, 3.63) is 408 Å². The van der Waals surface area contributed by atoms with E-state index in [1.54, 1.807) is 0 Å². The molecule has 0 spiro atoms. The van der Waals surface area contributed by atoms with Crippen LogP contribution in [0.3, 0.4) is 0 Å². The molecule has 16 heteroatoms. The second-order valence-corrected chi connectivity index (χ2v) is 38.9. The maximum atomic E-state index is 6.08. The first kappa shape index (κ1) is 89.8. The fraction of sp³-hybridized carbons (Fsp3) is 0.161. The summed E-state index contributed by atoms with van der Waals surface area (Å²) in [5, 5.41) is 44.7. The molecule has 0 aliphatic rings. The second-order valence-electron chi connectivity index (χ2n) is 38.9. The topological polar surface area (TPSA) is 175 Å². The first-order valence-electron chi connectivity index (χ1n) is 48.2. The number of nitrogens with zero attached hydrogens (tertiary/aromatic N) is 12. The van der Waals surface area contributed by atoms with Crippen molar-refractivity contribution < 1.29 is 17.7 Å². The van der Waals surface area contributed by atoms with Crippen LogP contribution < -0.4 is 0 Å². The van der Waals surface area contributed by atoms with Gasteiger partial charge in [-0.3, -0.25) is 0 Å². The average molecular weight is 1830 g/mol. The Hall–Kier alpha value is -16.7. The highest BCUT2D eigenvalue weighted by Crippen LogP contribution is 2.44. The van der Waals surface area contributed by atoms with Gasteiger partial charge in [0.1, 0.15) is 0 Å². The molecule has 0 bridgehead atoms. The molecule has 0 N–H and O–H groups in total. The average Bonchev–Trinajstić information content (AvgIpc) is 1.59. The molecular weight excluding hydrogens is 1720 g/mol. The molecule has 140 heavy (non-hydrogen) atoms. The van der Waals surface area contributed by atoms with E-state index in [9.17, 15) is 0 Å². The van der Waals surface area contributed by atoms with E-state index in [0.717, 1.165) is 80.1 Å². The standard InChI is InChI=1S/C34H33N3O.C32H29N3O.C30H25N3O.C28H21N3O/c1-33(2,3)24-15-17-29-27(20-24)28-21-25(34(4,5)6)16-18-30(28)37(29)26-14-10-13-23(19-26)32-36-35-31(38-32)22-11-8-7-9-12-22;1-20(2)23-13-15-29-27(18-23)28-19-24(21(3)4)14-16-30(28)35(29)26-12-8-11-25(17-26)32-34-33-31(36-32)22-9-6-5-7-10-22;1-3-20-13-15-27-25(17-20)26-18-21(4-2)14-16-28(26)33(27)24-12-8-11-23(19-24)30-32-31-29(34-30)22-9-6-5-7-10-22;1-18-11-13-25-23(15-18)24-16-19(2)12-14-26(24)31(25)22-10-6-9-21(17-22)28-30-29-27(32-28)20-7-4-3-5-8-20/h7-21H,1-6H3;5-21H,1-4H3;5-19H,3-4H2,1-2H3;3-17H,1-2H3. The Morgan fingerprint density at radius 1 is 0.221 bits per heavy atom. The van der Waals surface area contributed by atoms with E-state index in [1.165, 1.54) is 132 Å². The second kappa shape index (κ2) is 37.4. The lowest BCUT2D eigenvalue weighted by molar-refractivity contribution is 0.584. The zero-order valence-corrected chi connectivity index (χ0v) is 81.2. The highest BCUT2D eigenvalue weighted by Gasteiger charge is 2.26. The quantitative estimate of drug-likeness (QED) is 0.0896. The van der Waals surface area contributed by atoms with Crippen LogP contribution in [0.5, 0.6) is 0 Å². The van der Waals surface area contributed by atoms with Crippen LogP contribution in [-0.2, 0) is 23.7 Å². The third-order valence-corrected chi connectivity index (χ3v) is 26.6. The van der Waals surface area contributed by atoms with Crippen LogP contribution in [0.25, 0.3) is 202 Å². The van der Waals surface area contributed by atoms with Crippen molar-refractivity contribution in [2.45, 2.75) is 132 Å². The molecule has 0 atom stereocenters. The molecule has 0 fully saturated rings. The van der Waals surface area contributed by atoms with Gasteiger partial charge in [0.15, 0.2) is 0 Å². The summed E-state index contributed by atoms with van der Waals surface area (Å²) in [6.07, 6.45) is 2.04. The van der Waals surface area contributed by atoms with Crippen LogP contribution in [0, 0.1) is 13.8 Å². The van der Waals surface area contributed by atoms with Gasteiger partial charge in [0.25, 0.3) is 0 Å². The monoisotopic (exact) mass is 1830 g/mol. The number of benzene rings is 16. The largest absolute Gasteiger partial charge is 0.416 e. The van der Waals surface area contributed by atoms with Crippen molar-refractivity contribution in [3.63, 3.8) is 0 Å². The molecule has 0 radical (unpaired) electrons. The van der Waals surface area contributed by atoms with Crippen LogP contribution in [0.1, 0.15) is 139 Å². The van der Waals surface area contributed by atoms with E-state index in [2.05, 4.69) is 368 Å². The van der Waals surface area contributed by atoms with E-state index >= 15 is 0 Å². The Morgan fingerprint density at radius 2 is 0.443 bits per heavy atom. The summed E-state index contributed by atoms with van der Waals surface area (Å²) in [5.74, 6) is 5.09. The summed E-state index contributed by atoms with van der Waals surface area (Å²) in [7, 11) is 0. The molecule has 0 aliphatic heterocycles. The minimum atomic E-state index is 0.0680. The van der Waals surface area contributed by atoms with Gasteiger partial charge in [-0.1, -0.05) is 240 Å². The highest BCUT2D eigenvalue weighted by atomic mass is 16.4. The van der Waals surface area contributed by atoms with E-state index < -0.39 is 0 Å². The molecule has 16 nitrogen and oxygen atoms in total. The van der Waals surface area contributed by atoms with Crippen molar-refractivity contribution in [1.29, 1.82) is 0 Å². The van der Waals surface area contributed by atoms with Gasteiger partial charge in [0.05, 0.1) is 44.1 Å². The Kier molecular flexibility index (Phi) is 24.0. The molecule has 688 valence electrons. The Labute approximate surface area is 814 Å². The number of aromatic nitrogens is 12. The lowest BCUT2D eigenvalue weighted by Gasteiger charge is -2.19. The van der Waals surface area contributed by atoms with E-state index in [4.69, 9.17) is 17.7 Å². The van der Waals surface area contributed by atoms with Crippen LogP contribution in [-0.4, -0.2) is 59.1 Å². The maximum absolute atomic E-state index is 6.08. The number of hydrogen-bond acceptors (Lipinski definition) is 12. The van der Waals surface area contributed by atoms with Gasteiger partial charge in [-0.05, 0) is 301 Å². The van der Waals surface area contributed by atoms with Crippen molar-refractivity contribution in [1.82, 2.24) is 59.1 Å². The van der Waals surface area contributed by atoms with Crippen molar-refractivity contribution in [2.75, 3.05) is 0 Å². The molecule has 24 aromatic rings. The summed E-state index contributed by atoms with van der Waals surface area (Å²) in [5.41, 5.74) is 31.8. The van der Waals surface area contributed by atoms with Crippen LogP contribution in [0.15, 0.2) is 382 Å². The predicted molar refractivity (Wildman–Crippen MR) is 572 cm³/mol. The molecule has 0 aliphatic carbocycles. The van der Waals surface area contributed by atoms with Gasteiger partial charge >= 0.3 is 0 Å². The van der Waals surface area contributed by atoms with E-state index in [1.807, 2.05) is 152 Å². The molecule has 8 aromatic heterocycles. The predicted octanol–water partition coefficient (Wildman–Crippen LogP) is 32.6. The van der Waals surface area contributed by atoms with Gasteiger partial charge in [0.2, 0.25) is 47.1 Å². The van der Waals surface area contributed by atoms with E-state index in [-0.39, 0.29) is 10.8 Å². The third kappa shape index (κ3) is 17.7. The minimum Gasteiger partial charge on any atom is -0.416 e. The third-order valence-electron chi connectivity index (χ3n) is 26.6. The molecular formula is C124H108N12O4. The lowest BCUT2D eigenvalue weighted by Crippen LogP contribution is -2.10. The number of rotatable bonds is 16. The summed E-state index contributed by atoms with van der Waals surface area (Å²) < 4.78 is 33.5. The Morgan fingerprint density at radius 3 is 0.700 bits per heavy atom. The van der Waals surface area contributed by atoms with Gasteiger partial charge in [-0.25, -0.2) is 0 Å². The van der Waals surface area contributed by atoms with Crippen LogP contribution >= 0.6 is 0 Å². The van der Waals surface area contributed by atoms with Gasteiger partial charge in [0, 0.05) is 110 Å². The lowest BCUT2D eigenvalue weighted by atomic mass is 9.85. The van der Waals surface area contributed by atoms with Crippen LogP contribution in [0.4, 0.5) is 0 Å². The fourth-order valence-electron chi connectivity index (χ4n) is 18.9. The smallest absolute Gasteiger partial charge is 0.248 e. The fourth-order valence-corrected chi connectivity index (χ4v) is 18.9.